The number of rotatable bonds is 4. The van der Waals surface area contributed by atoms with Gasteiger partial charge in [0, 0.05) is 22.4 Å². The molecule has 126 valence electrons. The molecule has 1 atom stereocenters. The van der Waals surface area contributed by atoms with Gasteiger partial charge in [0.05, 0.1) is 11.6 Å². The normalized spacial score (nSPS) is 12.8. The third kappa shape index (κ3) is 3.64. The van der Waals surface area contributed by atoms with E-state index in [4.69, 9.17) is 0 Å². The summed E-state index contributed by atoms with van der Waals surface area (Å²) in [5.41, 5.74) is 6.12. The number of pyridine rings is 1. The van der Waals surface area contributed by atoms with Crippen molar-refractivity contribution in [1.29, 1.82) is 0 Å². The summed E-state index contributed by atoms with van der Waals surface area (Å²) in [5, 5.41) is 13.0. The van der Waals surface area contributed by atoms with Gasteiger partial charge in [0.1, 0.15) is 0 Å². The fourth-order valence-electron chi connectivity index (χ4n) is 3.11. The van der Waals surface area contributed by atoms with Gasteiger partial charge in [-0.2, -0.15) is 0 Å². The van der Waals surface area contributed by atoms with Crippen LogP contribution in [0.15, 0.2) is 76.6 Å². The Morgan fingerprint density at radius 3 is 2.44 bits per heavy atom. The van der Waals surface area contributed by atoms with Gasteiger partial charge < -0.3 is 5.21 Å². The van der Waals surface area contributed by atoms with Crippen LogP contribution in [0.3, 0.4) is 0 Å². The zero-order valence-electron chi connectivity index (χ0n) is 14.1. The van der Waals surface area contributed by atoms with Gasteiger partial charge in [-0.05, 0) is 54.3 Å². The Kier molecular flexibility index (Phi) is 5.29. The molecule has 0 spiro atoms. The van der Waals surface area contributed by atoms with Crippen LogP contribution in [-0.4, -0.2) is 15.9 Å². The summed E-state index contributed by atoms with van der Waals surface area (Å²) in [7, 11) is 0. The van der Waals surface area contributed by atoms with Crippen molar-refractivity contribution in [2.75, 3.05) is 0 Å². The van der Waals surface area contributed by atoms with Crippen molar-refractivity contribution in [2.45, 2.75) is 19.8 Å². The number of halogens is 1. The average Bonchev–Trinajstić information content (AvgIpc) is 2.64. The van der Waals surface area contributed by atoms with Gasteiger partial charge in [-0.15, -0.1) is 0 Å². The van der Waals surface area contributed by atoms with Crippen molar-refractivity contribution < 1.29 is 5.21 Å². The van der Waals surface area contributed by atoms with E-state index in [1.54, 1.807) is 6.20 Å². The first kappa shape index (κ1) is 17.4. The summed E-state index contributed by atoms with van der Waals surface area (Å²) in [6.45, 7) is 3.93. The summed E-state index contributed by atoms with van der Waals surface area (Å²) in [5.74, 6) is -0.132. The van der Waals surface area contributed by atoms with Crippen LogP contribution in [-0.2, 0) is 0 Å². The molecular weight excluding hydrogens is 376 g/mol. The molecule has 3 aromatic rings. The maximum atomic E-state index is 9.48. The number of hydrogen-bond acceptors (Lipinski definition) is 3. The minimum atomic E-state index is -0.132. The second-order valence-electron chi connectivity index (χ2n) is 6.00. The molecule has 0 fully saturated rings. The maximum absolute atomic E-state index is 9.48. The average molecular weight is 395 g/mol. The third-order valence-corrected chi connectivity index (χ3v) is 4.92. The van der Waals surface area contributed by atoms with E-state index in [1.807, 2.05) is 43.5 Å². The molecular formula is C21H19BrN2O. The highest BCUT2D eigenvalue weighted by atomic mass is 79.9. The molecule has 3 nitrogen and oxygen atoms in total. The van der Waals surface area contributed by atoms with Crippen molar-refractivity contribution >= 4 is 21.6 Å². The standard InChI is InChI=1S/C21H19BrN2O/c1-14-5-3-4-6-18(14)21(15(2)24-25)19-11-12-23-13-20(19)16-7-9-17(22)10-8-16/h3-13,21,25H,1-2H3. The summed E-state index contributed by atoms with van der Waals surface area (Å²) in [6.07, 6.45) is 3.65. The van der Waals surface area contributed by atoms with E-state index in [9.17, 15) is 5.21 Å². The number of aryl methyl sites for hydroxylation is 1. The van der Waals surface area contributed by atoms with Gasteiger partial charge in [0.15, 0.2) is 0 Å². The Morgan fingerprint density at radius 1 is 1.04 bits per heavy atom. The predicted molar refractivity (Wildman–Crippen MR) is 105 cm³/mol. The van der Waals surface area contributed by atoms with E-state index in [-0.39, 0.29) is 5.92 Å². The lowest BCUT2D eigenvalue weighted by Crippen LogP contribution is -2.14. The van der Waals surface area contributed by atoms with Gasteiger partial charge >= 0.3 is 0 Å². The van der Waals surface area contributed by atoms with Gasteiger partial charge in [0.25, 0.3) is 0 Å². The molecule has 2 aromatic carbocycles. The smallest absolute Gasteiger partial charge is 0.0658 e. The van der Waals surface area contributed by atoms with E-state index in [0.717, 1.165) is 32.3 Å². The zero-order valence-corrected chi connectivity index (χ0v) is 15.7. The topological polar surface area (TPSA) is 45.5 Å². The lowest BCUT2D eigenvalue weighted by atomic mass is 9.82. The Hall–Kier alpha value is -2.46. The third-order valence-electron chi connectivity index (χ3n) is 4.40. The first-order chi connectivity index (χ1) is 12.1. The van der Waals surface area contributed by atoms with Crippen LogP contribution in [0.4, 0.5) is 0 Å². The Bertz CT molecular complexity index is 904. The van der Waals surface area contributed by atoms with Crippen LogP contribution in [0.1, 0.15) is 29.5 Å². The molecule has 1 aromatic heterocycles. The number of aromatic nitrogens is 1. The molecule has 1 unspecified atom stereocenters. The summed E-state index contributed by atoms with van der Waals surface area (Å²) in [4.78, 5) is 4.31. The SMILES string of the molecule is CC(=NO)C(c1ccccc1C)c1ccncc1-c1ccc(Br)cc1. The first-order valence-electron chi connectivity index (χ1n) is 8.05. The van der Waals surface area contributed by atoms with E-state index < -0.39 is 0 Å². The van der Waals surface area contributed by atoms with Crippen molar-refractivity contribution in [2.24, 2.45) is 5.16 Å². The molecule has 0 aliphatic carbocycles. The number of hydrogen-bond donors (Lipinski definition) is 1. The number of benzene rings is 2. The Balaban J connectivity index is 2.21. The molecule has 0 aliphatic heterocycles. The van der Waals surface area contributed by atoms with Crippen LogP contribution in [0.2, 0.25) is 0 Å². The number of nitrogens with zero attached hydrogens (tertiary/aromatic N) is 2. The van der Waals surface area contributed by atoms with Crippen LogP contribution in [0.25, 0.3) is 11.1 Å². The predicted octanol–water partition coefficient (Wildman–Crippen LogP) is 5.80. The van der Waals surface area contributed by atoms with E-state index in [1.165, 1.54) is 0 Å². The summed E-state index contributed by atoms with van der Waals surface area (Å²) in [6, 6.07) is 18.3. The van der Waals surface area contributed by atoms with Gasteiger partial charge in [-0.1, -0.05) is 57.5 Å². The monoisotopic (exact) mass is 394 g/mol. The molecule has 0 aliphatic rings. The first-order valence-corrected chi connectivity index (χ1v) is 8.85. The van der Waals surface area contributed by atoms with Gasteiger partial charge in [-0.3, -0.25) is 4.98 Å². The molecule has 25 heavy (non-hydrogen) atoms. The van der Waals surface area contributed by atoms with E-state index >= 15 is 0 Å². The fourth-order valence-corrected chi connectivity index (χ4v) is 3.38. The van der Waals surface area contributed by atoms with Crippen molar-refractivity contribution in [1.82, 2.24) is 4.98 Å². The van der Waals surface area contributed by atoms with Gasteiger partial charge in [-0.25, -0.2) is 0 Å². The van der Waals surface area contributed by atoms with Crippen LogP contribution < -0.4 is 0 Å². The lowest BCUT2D eigenvalue weighted by molar-refractivity contribution is 0.317. The van der Waals surface area contributed by atoms with Crippen molar-refractivity contribution in [3.8, 4) is 11.1 Å². The van der Waals surface area contributed by atoms with E-state index in [0.29, 0.717) is 5.71 Å². The van der Waals surface area contributed by atoms with Gasteiger partial charge in [0.2, 0.25) is 0 Å². The second-order valence-corrected chi connectivity index (χ2v) is 6.92. The van der Waals surface area contributed by atoms with Crippen LogP contribution in [0.5, 0.6) is 0 Å². The molecule has 0 amide bonds. The van der Waals surface area contributed by atoms with Crippen LogP contribution >= 0.6 is 15.9 Å². The molecule has 0 bridgehead atoms. The molecule has 3 rings (SSSR count). The molecule has 0 saturated carbocycles. The quantitative estimate of drug-likeness (QED) is 0.345. The largest absolute Gasteiger partial charge is 0.411 e. The molecule has 0 radical (unpaired) electrons. The van der Waals surface area contributed by atoms with E-state index in [2.05, 4.69) is 57.3 Å². The summed E-state index contributed by atoms with van der Waals surface area (Å²) < 4.78 is 1.03. The molecule has 1 N–H and O–H groups in total. The Morgan fingerprint density at radius 2 is 1.76 bits per heavy atom. The minimum Gasteiger partial charge on any atom is -0.411 e. The molecule has 4 heteroatoms. The summed E-state index contributed by atoms with van der Waals surface area (Å²) >= 11 is 3.48. The highest BCUT2D eigenvalue weighted by Gasteiger charge is 2.23. The van der Waals surface area contributed by atoms with Crippen molar-refractivity contribution in [3.63, 3.8) is 0 Å². The highest BCUT2D eigenvalue weighted by molar-refractivity contribution is 9.10. The second kappa shape index (κ2) is 7.62. The number of oxime groups is 1. The molecule has 0 saturated heterocycles. The highest BCUT2D eigenvalue weighted by Crippen LogP contribution is 2.35. The van der Waals surface area contributed by atoms with Crippen molar-refractivity contribution in [3.05, 3.63) is 88.2 Å². The Labute approximate surface area is 156 Å². The van der Waals surface area contributed by atoms with Crippen LogP contribution in [0, 0.1) is 6.92 Å². The fraction of sp³-hybridized carbons (Fsp3) is 0.143. The molecule has 1 heterocycles. The zero-order chi connectivity index (χ0) is 17.8. The minimum absolute atomic E-state index is 0.132. The maximum Gasteiger partial charge on any atom is 0.0658 e. The lowest BCUT2D eigenvalue weighted by Gasteiger charge is -2.22.